The summed E-state index contributed by atoms with van der Waals surface area (Å²) in [6.07, 6.45) is -15.6. The number of H-pyrrole nitrogens is 2. The van der Waals surface area contributed by atoms with Crippen LogP contribution in [0.25, 0.3) is 22.3 Å². The van der Waals surface area contributed by atoms with E-state index in [2.05, 4.69) is 60.0 Å². The van der Waals surface area contributed by atoms with Crippen LogP contribution >= 0.6 is 81.9 Å². The van der Waals surface area contributed by atoms with Crippen LogP contribution in [0, 0.1) is 0 Å². The molecule has 0 aliphatic carbocycles. The van der Waals surface area contributed by atoms with E-state index in [-0.39, 0.29) is 41.7 Å². The van der Waals surface area contributed by atoms with E-state index in [4.69, 9.17) is 74.9 Å². The fourth-order valence-corrected chi connectivity index (χ4v) is 17.3. The number of phosphoric ester groups is 3. The number of nitrogens with two attached hydrogens (primary N) is 2. The number of fused-ring (bicyclic) bond motifs is 2. The Bertz CT molecular complexity index is 4210. The zero-order valence-corrected chi connectivity index (χ0v) is 61.2. The van der Waals surface area contributed by atoms with Crippen molar-refractivity contribution in [2.45, 2.75) is 105 Å². The number of anilines is 2. The van der Waals surface area contributed by atoms with Crippen molar-refractivity contribution in [1.29, 1.82) is 0 Å². The molecule has 4 saturated heterocycles. The van der Waals surface area contributed by atoms with E-state index in [1.807, 2.05) is 0 Å². The molecule has 4 aliphatic heterocycles. The molecule has 9 heterocycles. The minimum absolute atomic E-state index is 0. The molecular weight excluding hydrogens is 1650 g/mol. The van der Waals surface area contributed by atoms with Gasteiger partial charge in [-0.25, -0.2) is 35.7 Å². The normalized spacial score (nSPS) is 31.3. The van der Waals surface area contributed by atoms with Gasteiger partial charge in [-0.15, -0.1) is 0 Å². The maximum absolute atomic E-state index is 12.2. The van der Waals surface area contributed by atoms with Crippen LogP contribution in [0.2, 0.25) is 0 Å². The molecule has 4 fully saturated rings. The van der Waals surface area contributed by atoms with Crippen LogP contribution in [0.3, 0.4) is 0 Å². The summed E-state index contributed by atoms with van der Waals surface area (Å²) in [5.41, 5.74) is 10.1. The third-order valence-corrected chi connectivity index (χ3v) is 23.7. The number of aryl methyl sites for hydroxylation is 2. The van der Waals surface area contributed by atoms with Crippen LogP contribution in [0.1, 0.15) is 19.9 Å². The van der Waals surface area contributed by atoms with Crippen molar-refractivity contribution in [2.75, 3.05) is 37.9 Å². The standard InChI is InChI=1S/C16H26BN5O20P4.C14H18N7O7P.C5H12BO13P3.CH4.2ClH.Zn/c1-21-4-22(13-7(21)14(27)20-16(18)19-13)15-11(26)9(24)6(39-15)3-37-44(30,31)41-46(34,35)42-45(32,33)40-43(28,29)36-2-5-8(23)10(25)12(17)38-5;1-19-6-21(11-8(19)12(24)18-14(15)17-11)13-10(23)9(22)7(28-13)4-27-29(25,26)20-3-2-16-5-20;6-5-4(8)3(7)2(17-5)1-16-21(12,13)19-22(14,15)18-20(9,10)11;;;;/h4-6,8-12,15,23-26H,2-3H2,1H3,(H6-,18,19,20,27,28,29,30,31,32,33,34,35);2-3,5-7,9-10,13,22-23H,4H2,1H3,(H3-,15,17,18,24,25,26);2-5,7-8H,1H2,(H,12,13)(H,14,15)(H2,9,10,11);1H4;2*1H;/q;;;;;;+2/p-8/t5-,6-,8?,9?,10+,11?,12-,15-;7-,9+,10?,13-;2-,3?,4+,5-;;;;/m101..../s1. The molecule has 52 nitrogen and oxygen atoms in total. The molecule has 24 atom stereocenters. The number of nitrogen functional groups attached to an aromatic ring is 2. The number of phosphoric acid groups is 7. The van der Waals surface area contributed by atoms with Crippen LogP contribution in [0.5, 0.6) is 0 Å². The van der Waals surface area contributed by atoms with Gasteiger partial charge < -0.3 is 133 Å². The molecule has 5 aromatic rings. The monoisotopic (exact) mass is 1700 g/mol. The van der Waals surface area contributed by atoms with Crippen molar-refractivity contribution in [3.63, 3.8) is 0 Å². The van der Waals surface area contributed by atoms with E-state index in [1.54, 1.807) is 7.05 Å². The molecule has 566 valence electrons. The molecule has 0 saturated carbocycles. The van der Waals surface area contributed by atoms with Gasteiger partial charge in [-0.2, -0.15) is 0 Å². The number of aromatic nitrogens is 10. The number of hydrogen-bond acceptors (Lipinski definition) is 44. The number of ether oxygens (including phenoxy) is 4. The van der Waals surface area contributed by atoms with E-state index in [0.29, 0.717) is 0 Å². The zero-order chi connectivity index (χ0) is 75.5. The molecule has 65 heteroatoms. The Hall–Kier alpha value is -2.52. The summed E-state index contributed by atoms with van der Waals surface area (Å²) in [5, 5.41) is 79.3. The molecule has 101 heavy (non-hydrogen) atoms. The van der Waals surface area contributed by atoms with Crippen LogP contribution in [-0.2, 0) is 124 Å². The van der Waals surface area contributed by atoms with E-state index < -0.39 is 213 Å². The molecule has 0 aromatic carbocycles. The second kappa shape index (κ2) is 35.2. The van der Waals surface area contributed by atoms with Gasteiger partial charge >= 0.3 is 45.8 Å². The Morgan fingerprint density at radius 1 is 0.545 bits per heavy atom. The fourth-order valence-electron chi connectivity index (χ4n) is 8.79. The number of nitrogens with zero attached hydrogens (tertiary/aromatic N) is 8. The molecule has 4 aliphatic rings. The van der Waals surface area contributed by atoms with Crippen molar-refractivity contribution in [2.24, 2.45) is 14.1 Å². The summed E-state index contributed by atoms with van der Waals surface area (Å²) in [6, 6.07) is -2.79. The molecule has 9 rings (SSSR count). The first-order valence-corrected chi connectivity index (χ1v) is 46.0. The molecule has 4 radical (unpaired) electrons. The van der Waals surface area contributed by atoms with Crippen molar-refractivity contribution >= 4 is 132 Å². The van der Waals surface area contributed by atoms with E-state index >= 15 is 0 Å². The predicted molar refractivity (Wildman–Crippen MR) is 305 cm³/mol. The van der Waals surface area contributed by atoms with Crippen LogP contribution in [0.15, 0.2) is 41.0 Å². The van der Waals surface area contributed by atoms with Gasteiger partial charge in [-0.1, -0.05) is 17.4 Å². The second-order valence-electron chi connectivity index (χ2n) is 20.1. The average molecular weight is 1700 g/mol. The van der Waals surface area contributed by atoms with Crippen LogP contribution < -0.4 is 70.9 Å². The van der Waals surface area contributed by atoms with Gasteiger partial charge in [0.1, 0.15) is 83.1 Å². The zero-order valence-electron chi connectivity index (χ0n) is 49.6. The number of hydrogen-bond donors (Lipinski definition) is 13. The van der Waals surface area contributed by atoms with Gasteiger partial charge in [-0.05, 0) is 0 Å². The van der Waals surface area contributed by atoms with Gasteiger partial charge in [0.2, 0.25) is 31.2 Å². The summed E-state index contributed by atoms with van der Waals surface area (Å²) < 4.78 is 153. The first-order chi connectivity index (χ1) is 45.8. The van der Waals surface area contributed by atoms with Gasteiger partial charge in [-0.3, -0.25) is 69.5 Å². The van der Waals surface area contributed by atoms with Crippen molar-refractivity contribution in [3.05, 3.63) is 52.1 Å². The van der Waals surface area contributed by atoms with Crippen LogP contribution in [-0.4, -0.2) is 212 Å². The molecule has 13 unspecified atom stereocenters. The number of nitrogens with one attached hydrogen (secondary N) is 2. The Labute approximate surface area is 581 Å². The Morgan fingerprint density at radius 2 is 0.851 bits per heavy atom. The Morgan fingerprint density at radius 3 is 1.16 bits per heavy atom. The quantitative estimate of drug-likeness (QED) is 0.0147. The summed E-state index contributed by atoms with van der Waals surface area (Å²) in [7, 11) is -23.8. The van der Waals surface area contributed by atoms with Gasteiger partial charge in [0.25, 0.3) is 77.8 Å². The molecule has 0 bridgehead atoms. The first kappa shape index (κ1) is 89.1. The number of halogens is 2. The SMILES string of the molecule is C.Cn1c[n+]([C@H]2O[C@@H](COP(=O)([O-])n3ccnc3)[C@@H](O)C2O)c2nc(N)[nH]c(=O)c21.[B][C@@H]1O[C@H](COP(=O)([O-])OP(=O)([O-])OP(=O)([O-])O)C(O)[C@@H]1O.[B][C@@H]1O[C@H](COP(=O)([O-])OP(=O)([O-])OP(=O)([O-])OP(=O)([O-])OC[C@H]2O[C@@H]([n+]3cn(C)c4c(=O)[nH]c(N)nc43)C(O)C2O)C(O)[C@@H]1O.[Cl][Zn][Cl]. The number of aliphatic hydroxyl groups is 8. The first-order valence-electron chi connectivity index (χ1n) is 26.4. The third-order valence-electron chi connectivity index (χ3n) is 13.0. The molecule has 15 N–H and O–H groups in total. The van der Waals surface area contributed by atoms with Gasteiger partial charge in [0, 0.05) is 24.4 Å². The number of aliphatic hydroxyl groups excluding tert-OH is 8. The van der Waals surface area contributed by atoms with Gasteiger partial charge in [0.05, 0.1) is 52.7 Å². The number of aromatic amines is 2. The van der Waals surface area contributed by atoms with Crippen molar-refractivity contribution in [1.82, 2.24) is 38.4 Å². The Balaban J connectivity index is 0.000000286. The van der Waals surface area contributed by atoms with Crippen LogP contribution in [0.4, 0.5) is 11.9 Å². The topological polar surface area (TPSA) is 802 Å². The second-order valence-corrected chi connectivity index (χ2v) is 36.7. The fraction of sp³-hybridized carbons (Fsp3) is 0.639. The predicted octanol–water partition coefficient (Wildman–Crippen LogP) is -11.6. The summed E-state index contributed by atoms with van der Waals surface area (Å²) in [4.78, 5) is 141. The molecule has 0 amide bonds. The van der Waals surface area contributed by atoms with Crippen molar-refractivity contribution in [3.8, 4) is 0 Å². The van der Waals surface area contributed by atoms with Gasteiger partial charge in [0.15, 0.2) is 12.7 Å². The van der Waals surface area contributed by atoms with E-state index in [0.717, 1.165) is 15.2 Å². The van der Waals surface area contributed by atoms with E-state index in [9.17, 15) is 126 Å². The summed E-state index contributed by atoms with van der Waals surface area (Å²) in [5.74, 6) is -0.454. The van der Waals surface area contributed by atoms with Crippen molar-refractivity contribution < 1.29 is 204 Å². The minimum atomic E-state index is -6.56. The Kier molecular flexibility index (Phi) is 31.1. The molecular formula is C36H54B2Cl2N12O40P8Zn-6. The summed E-state index contributed by atoms with van der Waals surface area (Å²) >= 11 is -0.931. The summed E-state index contributed by atoms with van der Waals surface area (Å²) in [6.45, 7) is -3.97. The average Bonchev–Trinajstić information content (AvgIpc) is 1.61. The maximum atomic E-state index is 12.2. The number of imidazole rings is 3. The molecule has 5 aromatic heterocycles. The number of rotatable bonds is 25. The van der Waals surface area contributed by atoms with E-state index in [1.165, 1.54) is 45.8 Å². The molecule has 0 spiro atoms. The third kappa shape index (κ3) is 24.0.